The largest absolute Gasteiger partial charge is 1.00 e. The van der Waals surface area contributed by atoms with Crippen molar-refractivity contribution < 1.29 is 58.2 Å². The van der Waals surface area contributed by atoms with Crippen molar-refractivity contribution in [2.45, 2.75) is 59.3 Å². The SMILES string of the molecule is Cc1c(Cc2cc[c-]cc2)ccc(CC2CCC(C)CC2)c1C.[Rb+]. The van der Waals surface area contributed by atoms with Crippen molar-refractivity contribution >= 4 is 0 Å². The number of benzene rings is 2. The van der Waals surface area contributed by atoms with Gasteiger partial charge in [-0.3, -0.25) is 0 Å². The Morgan fingerprint density at radius 1 is 0.875 bits per heavy atom. The summed E-state index contributed by atoms with van der Waals surface area (Å²) >= 11 is 0. The maximum absolute atomic E-state index is 3.10. The van der Waals surface area contributed by atoms with E-state index in [-0.39, 0.29) is 58.2 Å². The van der Waals surface area contributed by atoms with Crippen LogP contribution in [0.3, 0.4) is 0 Å². The van der Waals surface area contributed by atoms with Gasteiger partial charge in [-0.05, 0) is 73.6 Å². The molecule has 0 N–H and O–H groups in total. The maximum Gasteiger partial charge on any atom is 1.00 e. The Morgan fingerprint density at radius 2 is 1.46 bits per heavy atom. The second kappa shape index (κ2) is 9.81. The van der Waals surface area contributed by atoms with Crippen LogP contribution in [0.4, 0.5) is 0 Å². The van der Waals surface area contributed by atoms with Crippen LogP contribution in [0.2, 0.25) is 0 Å². The van der Waals surface area contributed by atoms with E-state index < -0.39 is 0 Å². The van der Waals surface area contributed by atoms with Gasteiger partial charge in [0.1, 0.15) is 0 Å². The van der Waals surface area contributed by atoms with Gasteiger partial charge in [0.05, 0.1) is 0 Å². The molecular weight excluding hydrogens is 362 g/mol. The molecule has 0 heterocycles. The second-order valence-electron chi connectivity index (χ2n) is 7.55. The summed E-state index contributed by atoms with van der Waals surface area (Å²) in [6, 6.07) is 16.2. The van der Waals surface area contributed by atoms with E-state index in [1.165, 1.54) is 54.4 Å². The average Bonchev–Trinajstić information content (AvgIpc) is 2.57. The minimum absolute atomic E-state index is 0. The molecule has 0 spiro atoms. The normalized spacial score (nSPS) is 20.5. The molecule has 0 radical (unpaired) electrons. The molecule has 0 amide bonds. The van der Waals surface area contributed by atoms with Crippen molar-refractivity contribution in [1.29, 1.82) is 0 Å². The zero-order valence-corrected chi connectivity index (χ0v) is 20.8. The van der Waals surface area contributed by atoms with E-state index in [1.54, 1.807) is 5.56 Å². The average molecular weight is 391 g/mol. The molecule has 0 saturated heterocycles. The molecule has 0 nitrogen and oxygen atoms in total. The summed E-state index contributed by atoms with van der Waals surface area (Å²) in [5.41, 5.74) is 7.42. The monoisotopic (exact) mass is 390 g/mol. The molecule has 1 saturated carbocycles. The predicted octanol–water partition coefficient (Wildman–Crippen LogP) is 3.07. The summed E-state index contributed by atoms with van der Waals surface area (Å²) in [4.78, 5) is 0. The Hall–Kier alpha value is 0.245. The third-order valence-electron chi connectivity index (χ3n) is 5.84. The molecule has 0 atom stereocenters. The molecule has 1 heteroatoms. The van der Waals surface area contributed by atoms with Crippen LogP contribution < -0.4 is 58.2 Å². The van der Waals surface area contributed by atoms with E-state index in [4.69, 9.17) is 0 Å². The van der Waals surface area contributed by atoms with Gasteiger partial charge in [-0.25, -0.2) is 0 Å². The third kappa shape index (κ3) is 5.37. The molecular formula is C23H29Rb. The minimum Gasteiger partial charge on any atom is -0.184 e. The van der Waals surface area contributed by atoms with Gasteiger partial charge in [-0.15, -0.1) is 0 Å². The number of rotatable bonds is 4. The van der Waals surface area contributed by atoms with Crippen LogP contribution in [0.25, 0.3) is 0 Å². The maximum atomic E-state index is 3.10. The van der Waals surface area contributed by atoms with Crippen molar-refractivity contribution in [2.24, 2.45) is 11.8 Å². The topological polar surface area (TPSA) is 0 Å². The van der Waals surface area contributed by atoms with Crippen LogP contribution in [0.5, 0.6) is 0 Å². The van der Waals surface area contributed by atoms with Gasteiger partial charge in [0.2, 0.25) is 0 Å². The first-order valence-electron chi connectivity index (χ1n) is 9.16. The van der Waals surface area contributed by atoms with Crippen molar-refractivity contribution in [1.82, 2.24) is 0 Å². The van der Waals surface area contributed by atoms with Gasteiger partial charge in [0, 0.05) is 0 Å². The molecule has 1 aliphatic rings. The molecule has 0 aromatic heterocycles. The Balaban J connectivity index is 0.00000208. The molecule has 0 aliphatic heterocycles. The first kappa shape index (κ1) is 20.6. The molecule has 122 valence electrons. The fourth-order valence-corrected chi connectivity index (χ4v) is 3.95. The summed E-state index contributed by atoms with van der Waals surface area (Å²) in [5.74, 6) is 1.85. The number of hydrogen-bond donors (Lipinski definition) is 0. The van der Waals surface area contributed by atoms with Gasteiger partial charge in [0.25, 0.3) is 0 Å². The third-order valence-corrected chi connectivity index (χ3v) is 5.84. The Labute approximate surface area is 197 Å². The predicted molar refractivity (Wildman–Crippen MR) is 98.8 cm³/mol. The summed E-state index contributed by atoms with van der Waals surface area (Å²) < 4.78 is 0. The number of hydrogen-bond acceptors (Lipinski definition) is 0. The quantitative estimate of drug-likeness (QED) is 0.704. The van der Waals surface area contributed by atoms with Gasteiger partial charge >= 0.3 is 58.2 Å². The molecule has 1 aliphatic carbocycles. The molecule has 2 aromatic rings. The molecule has 2 aromatic carbocycles. The van der Waals surface area contributed by atoms with Gasteiger partial charge in [-0.1, -0.05) is 31.9 Å². The van der Waals surface area contributed by atoms with Crippen LogP contribution in [0.1, 0.15) is 60.4 Å². The molecule has 1 fully saturated rings. The fourth-order valence-electron chi connectivity index (χ4n) is 3.95. The van der Waals surface area contributed by atoms with Crippen LogP contribution in [-0.4, -0.2) is 0 Å². The first-order valence-corrected chi connectivity index (χ1v) is 9.16. The van der Waals surface area contributed by atoms with Crippen LogP contribution in [0, 0.1) is 31.7 Å². The molecule has 0 unspecified atom stereocenters. The van der Waals surface area contributed by atoms with Crippen molar-refractivity contribution in [3.8, 4) is 0 Å². The smallest absolute Gasteiger partial charge is 0.184 e. The summed E-state index contributed by atoms with van der Waals surface area (Å²) in [6.07, 6.45) is 7.99. The zero-order chi connectivity index (χ0) is 16.2. The van der Waals surface area contributed by atoms with Crippen molar-refractivity contribution in [3.05, 3.63) is 70.3 Å². The molecule has 3 rings (SSSR count). The molecule has 0 bridgehead atoms. The van der Waals surface area contributed by atoms with E-state index in [9.17, 15) is 0 Å². The van der Waals surface area contributed by atoms with Crippen LogP contribution >= 0.6 is 0 Å². The molecule has 24 heavy (non-hydrogen) atoms. The van der Waals surface area contributed by atoms with Crippen molar-refractivity contribution in [2.75, 3.05) is 0 Å². The minimum atomic E-state index is 0. The van der Waals surface area contributed by atoms with Gasteiger partial charge < -0.3 is 0 Å². The zero-order valence-electron chi connectivity index (χ0n) is 15.9. The summed E-state index contributed by atoms with van der Waals surface area (Å²) in [6.45, 7) is 7.02. The second-order valence-corrected chi connectivity index (χ2v) is 7.55. The van der Waals surface area contributed by atoms with E-state index in [0.29, 0.717) is 0 Å². The van der Waals surface area contributed by atoms with E-state index in [0.717, 1.165) is 18.3 Å². The van der Waals surface area contributed by atoms with Crippen molar-refractivity contribution in [3.63, 3.8) is 0 Å². The van der Waals surface area contributed by atoms with E-state index >= 15 is 0 Å². The van der Waals surface area contributed by atoms with E-state index in [2.05, 4.69) is 51.1 Å². The Morgan fingerprint density at radius 3 is 2.12 bits per heavy atom. The van der Waals surface area contributed by atoms with Gasteiger partial charge in [-0.2, -0.15) is 35.9 Å². The summed E-state index contributed by atoms with van der Waals surface area (Å²) in [7, 11) is 0. The Kier molecular flexibility index (Phi) is 8.40. The first-order chi connectivity index (χ1) is 11.1. The summed E-state index contributed by atoms with van der Waals surface area (Å²) in [5, 5.41) is 0. The van der Waals surface area contributed by atoms with E-state index in [1.807, 2.05) is 12.1 Å². The Bertz CT molecular complexity index is 637. The van der Waals surface area contributed by atoms with Gasteiger partial charge in [0.15, 0.2) is 0 Å². The van der Waals surface area contributed by atoms with Crippen LogP contribution in [-0.2, 0) is 12.8 Å². The fraction of sp³-hybridized carbons (Fsp3) is 0.478. The van der Waals surface area contributed by atoms with Crippen LogP contribution in [0.15, 0.2) is 36.4 Å². The standard InChI is InChI=1S/C23H29.Rb/c1-17-9-11-21(12-10-17)16-23-14-13-22(18(2)19(23)3)15-20-7-5-4-6-8-20;/h5-8,13-14,17,21H,9-12,15-16H2,1-3H3;/q-1;+1.